The molecule has 3 aromatic rings. The summed E-state index contributed by atoms with van der Waals surface area (Å²) >= 11 is 0. The van der Waals surface area contributed by atoms with E-state index in [9.17, 15) is 9.18 Å². The first-order valence-corrected chi connectivity index (χ1v) is 8.52. The molecule has 0 aliphatic rings. The highest BCUT2D eigenvalue weighted by atomic mass is 19.1. The average molecular weight is 362 g/mol. The maximum Gasteiger partial charge on any atom is 0.244 e. The maximum absolute atomic E-state index is 12.9. The molecule has 2 aromatic carbocycles. The summed E-state index contributed by atoms with van der Waals surface area (Å²) in [7, 11) is 0. The van der Waals surface area contributed by atoms with E-state index in [0.717, 1.165) is 11.1 Å². The maximum atomic E-state index is 12.9. The molecule has 27 heavy (non-hydrogen) atoms. The zero-order valence-corrected chi connectivity index (χ0v) is 14.8. The molecule has 0 unspecified atom stereocenters. The topological polar surface area (TPSA) is 51.2 Å². The second kappa shape index (κ2) is 8.76. The number of halogens is 1. The van der Waals surface area contributed by atoms with Gasteiger partial charge in [0, 0.05) is 12.3 Å². The minimum absolute atomic E-state index is 0.201. The van der Waals surface area contributed by atoms with Crippen molar-refractivity contribution in [2.75, 3.05) is 0 Å². The van der Waals surface area contributed by atoms with Gasteiger partial charge in [0.05, 0.1) is 12.2 Å². The molecule has 1 amide bonds. The van der Waals surface area contributed by atoms with Gasteiger partial charge in [-0.3, -0.25) is 9.78 Å². The number of pyridine rings is 1. The van der Waals surface area contributed by atoms with Gasteiger partial charge in [-0.05, 0) is 60.5 Å². The third kappa shape index (κ3) is 5.51. The van der Waals surface area contributed by atoms with Crippen LogP contribution in [0.2, 0.25) is 0 Å². The number of nitrogens with zero attached hydrogens (tertiary/aromatic N) is 1. The minimum atomic E-state index is -0.307. The summed E-state index contributed by atoms with van der Waals surface area (Å²) in [5.74, 6) is 0.779. The van der Waals surface area contributed by atoms with Gasteiger partial charge < -0.3 is 10.1 Å². The summed E-state index contributed by atoms with van der Waals surface area (Å²) in [4.78, 5) is 16.1. The smallest absolute Gasteiger partial charge is 0.244 e. The van der Waals surface area contributed by atoms with Crippen LogP contribution >= 0.6 is 0 Å². The monoisotopic (exact) mass is 362 g/mol. The van der Waals surface area contributed by atoms with Crippen molar-refractivity contribution >= 4 is 12.0 Å². The molecule has 0 saturated heterocycles. The van der Waals surface area contributed by atoms with Crippen molar-refractivity contribution in [2.45, 2.75) is 13.0 Å². The third-order valence-electron chi connectivity index (χ3n) is 3.88. The summed E-state index contributed by atoms with van der Waals surface area (Å²) < 4.78 is 18.7. The largest absolute Gasteiger partial charge is 0.456 e. The number of amides is 1. The number of nitrogens with one attached hydrogen (secondary N) is 1. The Morgan fingerprint density at radius 1 is 1.11 bits per heavy atom. The zero-order chi connectivity index (χ0) is 19.1. The number of carbonyl (C=O) groups excluding carboxylic acids is 1. The van der Waals surface area contributed by atoms with Crippen LogP contribution in [0.1, 0.15) is 24.1 Å². The van der Waals surface area contributed by atoms with E-state index >= 15 is 0 Å². The second-order valence-electron chi connectivity index (χ2n) is 5.98. The van der Waals surface area contributed by atoms with Gasteiger partial charge in [0.15, 0.2) is 0 Å². The van der Waals surface area contributed by atoms with Gasteiger partial charge in [0.2, 0.25) is 5.91 Å². The van der Waals surface area contributed by atoms with Crippen molar-refractivity contribution in [3.63, 3.8) is 0 Å². The predicted octanol–water partition coefficient (Wildman–Crippen LogP) is 4.90. The number of hydrogen-bond acceptors (Lipinski definition) is 3. The molecular formula is C22H19FN2O2. The predicted molar refractivity (Wildman–Crippen MR) is 103 cm³/mol. The lowest BCUT2D eigenvalue weighted by molar-refractivity contribution is -0.117. The number of ether oxygens (including phenoxy) is 1. The Morgan fingerprint density at radius 3 is 2.63 bits per heavy atom. The van der Waals surface area contributed by atoms with Crippen LogP contribution in [-0.4, -0.2) is 10.9 Å². The van der Waals surface area contributed by atoms with Crippen LogP contribution in [0.25, 0.3) is 6.08 Å². The van der Waals surface area contributed by atoms with Crippen LogP contribution in [0.3, 0.4) is 0 Å². The number of rotatable bonds is 6. The summed E-state index contributed by atoms with van der Waals surface area (Å²) in [6, 6.07) is 16.9. The molecule has 3 rings (SSSR count). The van der Waals surface area contributed by atoms with Gasteiger partial charge in [0.25, 0.3) is 0 Å². The highest BCUT2D eigenvalue weighted by Crippen LogP contribution is 2.24. The Balaban J connectivity index is 1.61. The van der Waals surface area contributed by atoms with Gasteiger partial charge in [-0.25, -0.2) is 4.39 Å². The number of hydrogen-bond donors (Lipinski definition) is 1. The van der Waals surface area contributed by atoms with E-state index in [-0.39, 0.29) is 17.8 Å². The van der Waals surface area contributed by atoms with E-state index in [2.05, 4.69) is 10.3 Å². The Hall–Kier alpha value is -3.47. The molecule has 0 bridgehead atoms. The third-order valence-corrected chi connectivity index (χ3v) is 3.88. The summed E-state index contributed by atoms with van der Waals surface area (Å²) in [6.07, 6.45) is 6.39. The lowest BCUT2D eigenvalue weighted by Crippen LogP contribution is -2.24. The fourth-order valence-electron chi connectivity index (χ4n) is 2.48. The fourth-order valence-corrected chi connectivity index (χ4v) is 2.48. The SMILES string of the molecule is C[C@H](NC(=O)/C=C/c1ccc(F)cc1)c1cccc(Oc2cccnc2)c1. The van der Waals surface area contributed by atoms with Gasteiger partial charge in [-0.15, -0.1) is 0 Å². The number of benzene rings is 2. The van der Waals surface area contributed by atoms with E-state index in [1.807, 2.05) is 37.3 Å². The molecule has 1 N–H and O–H groups in total. The van der Waals surface area contributed by atoms with Crippen molar-refractivity contribution in [3.8, 4) is 11.5 Å². The molecular weight excluding hydrogens is 343 g/mol. The quantitative estimate of drug-likeness (QED) is 0.634. The normalized spacial score (nSPS) is 11.9. The Labute approximate surface area is 157 Å². The van der Waals surface area contributed by atoms with E-state index in [1.165, 1.54) is 18.2 Å². The highest BCUT2D eigenvalue weighted by Gasteiger charge is 2.09. The summed E-state index contributed by atoms with van der Waals surface area (Å²) in [6.45, 7) is 1.90. The highest BCUT2D eigenvalue weighted by molar-refractivity contribution is 5.91. The number of aromatic nitrogens is 1. The average Bonchev–Trinajstić information content (AvgIpc) is 2.68. The standard InChI is InChI=1S/C22H19FN2O2/c1-16(25-22(26)12-9-17-7-10-19(23)11-8-17)18-4-2-5-20(14-18)27-21-6-3-13-24-15-21/h2-16H,1H3,(H,25,26)/b12-9+/t16-/m0/s1. The van der Waals surface area contributed by atoms with Crippen LogP contribution in [0.4, 0.5) is 4.39 Å². The first-order valence-electron chi connectivity index (χ1n) is 8.52. The fraction of sp³-hybridized carbons (Fsp3) is 0.0909. The van der Waals surface area contributed by atoms with Crippen molar-refractivity contribution < 1.29 is 13.9 Å². The molecule has 1 heterocycles. The van der Waals surface area contributed by atoms with Gasteiger partial charge in [-0.1, -0.05) is 24.3 Å². The van der Waals surface area contributed by atoms with Gasteiger partial charge in [-0.2, -0.15) is 0 Å². The summed E-state index contributed by atoms with van der Waals surface area (Å²) in [5.41, 5.74) is 1.67. The van der Waals surface area contributed by atoms with E-state index in [4.69, 9.17) is 4.74 Å². The van der Waals surface area contributed by atoms with Crippen LogP contribution in [0.5, 0.6) is 11.5 Å². The van der Waals surface area contributed by atoms with Crippen molar-refractivity contribution in [1.29, 1.82) is 0 Å². The van der Waals surface area contributed by atoms with Crippen LogP contribution < -0.4 is 10.1 Å². The number of carbonyl (C=O) groups is 1. The Morgan fingerprint density at radius 2 is 1.89 bits per heavy atom. The first kappa shape index (κ1) is 18.3. The molecule has 4 nitrogen and oxygen atoms in total. The second-order valence-corrected chi connectivity index (χ2v) is 5.98. The van der Waals surface area contributed by atoms with Gasteiger partial charge in [0.1, 0.15) is 17.3 Å². The molecule has 1 aromatic heterocycles. The summed E-state index contributed by atoms with van der Waals surface area (Å²) in [5, 5.41) is 2.90. The molecule has 0 fully saturated rings. The van der Waals surface area contributed by atoms with Crippen LogP contribution in [0, 0.1) is 5.82 Å². The van der Waals surface area contributed by atoms with Crippen LogP contribution in [-0.2, 0) is 4.79 Å². The van der Waals surface area contributed by atoms with E-state index < -0.39 is 0 Å². The molecule has 136 valence electrons. The Kier molecular flexibility index (Phi) is 5.94. The first-order chi connectivity index (χ1) is 13.1. The molecule has 0 aliphatic heterocycles. The molecule has 0 saturated carbocycles. The van der Waals surface area contributed by atoms with Crippen molar-refractivity contribution in [2.24, 2.45) is 0 Å². The molecule has 0 radical (unpaired) electrons. The van der Waals surface area contributed by atoms with Crippen molar-refractivity contribution in [1.82, 2.24) is 10.3 Å². The van der Waals surface area contributed by atoms with E-state index in [0.29, 0.717) is 11.5 Å². The zero-order valence-electron chi connectivity index (χ0n) is 14.8. The molecule has 0 aliphatic carbocycles. The van der Waals surface area contributed by atoms with Gasteiger partial charge >= 0.3 is 0 Å². The van der Waals surface area contributed by atoms with Crippen LogP contribution in [0.15, 0.2) is 79.1 Å². The molecule has 0 spiro atoms. The lowest BCUT2D eigenvalue weighted by Gasteiger charge is -2.14. The van der Waals surface area contributed by atoms with E-state index in [1.54, 1.807) is 36.7 Å². The Bertz CT molecular complexity index is 925. The lowest BCUT2D eigenvalue weighted by atomic mass is 10.1. The van der Waals surface area contributed by atoms with Crippen molar-refractivity contribution in [3.05, 3.63) is 96.1 Å². The molecule has 1 atom stereocenters. The minimum Gasteiger partial charge on any atom is -0.456 e. The molecule has 5 heteroatoms.